The summed E-state index contributed by atoms with van der Waals surface area (Å²) in [4.78, 5) is 20.1. The minimum absolute atomic E-state index is 0.145. The lowest BCUT2D eigenvalue weighted by molar-refractivity contribution is -0.145. The first-order chi connectivity index (χ1) is 10.5. The normalized spacial score (nSPS) is 10.0. The van der Waals surface area contributed by atoms with Gasteiger partial charge in [0.15, 0.2) is 5.96 Å². The van der Waals surface area contributed by atoms with E-state index in [2.05, 4.69) is 4.99 Å². The summed E-state index contributed by atoms with van der Waals surface area (Å²) in [6.07, 6.45) is 2.12. The molecule has 5 nitrogen and oxygen atoms in total. The molecule has 0 amide bonds. The van der Waals surface area contributed by atoms with Crippen LogP contribution in [-0.2, 0) is 16.1 Å². The van der Waals surface area contributed by atoms with Gasteiger partial charge in [0.25, 0.3) is 0 Å². The van der Waals surface area contributed by atoms with Crippen LogP contribution in [-0.4, -0.2) is 56.5 Å². The van der Waals surface area contributed by atoms with Crippen LogP contribution < -0.4 is 0 Å². The first-order valence-corrected chi connectivity index (χ1v) is 7.59. The molecule has 122 valence electrons. The van der Waals surface area contributed by atoms with Gasteiger partial charge in [0.1, 0.15) is 6.61 Å². The molecule has 1 rings (SSSR count). The molecule has 0 aliphatic carbocycles. The third-order valence-corrected chi connectivity index (χ3v) is 3.08. The molecule has 0 bridgehead atoms. The Morgan fingerprint density at radius 1 is 1.05 bits per heavy atom. The number of carbonyl (C=O) groups excluding carboxylic acids is 1. The van der Waals surface area contributed by atoms with E-state index in [1.807, 2.05) is 68.3 Å². The average molecular weight is 305 g/mol. The van der Waals surface area contributed by atoms with Gasteiger partial charge < -0.3 is 14.5 Å². The van der Waals surface area contributed by atoms with Crippen molar-refractivity contribution in [2.24, 2.45) is 4.99 Å². The predicted octanol–water partition coefficient (Wildman–Crippen LogP) is 2.38. The molecule has 0 unspecified atom stereocenters. The molecule has 1 aromatic carbocycles. The van der Waals surface area contributed by atoms with E-state index in [0.717, 1.165) is 30.9 Å². The van der Waals surface area contributed by atoms with Crippen LogP contribution >= 0.6 is 0 Å². The number of nitrogens with zero attached hydrogens (tertiary/aromatic N) is 3. The third kappa shape index (κ3) is 7.11. The van der Waals surface area contributed by atoms with Crippen molar-refractivity contribution >= 4 is 11.9 Å². The van der Waals surface area contributed by atoms with Crippen LogP contribution in [0.3, 0.4) is 0 Å². The fourth-order valence-electron chi connectivity index (χ4n) is 2.05. The second-order valence-corrected chi connectivity index (χ2v) is 5.57. The summed E-state index contributed by atoms with van der Waals surface area (Å²) in [7, 11) is 7.89. The van der Waals surface area contributed by atoms with Crippen molar-refractivity contribution < 1.29 is 9.53 Å². The topological polar surface area (TPSA) is 45.1 Å². The van der Waals surface area contributed by atoms with E-state index in [4.69, 9.17) is 4.74 Å². The Hall–Kier alpha value is -2.04. The van der Waals surface area contributed by atoms with E-state index >= 15 is 0 Å². The molecule has 0 radical (unpaired) electrons. The fraction of sp³-hybridized carbons (Fsp3) is 0.529. The summed E-state index contributed by atoms with van der Waals surface area (Å²) >= 11 is 0. The van der Waals surface area contributed by atoms with Crippen molar-refractivity contribution in [3.63, 3.8) is 0 Å². The highest BCUT2D eigenvalue weighted by molar-refractivity contribution is 5.79. The first-order valence-electron chi connectivity index (χ1n) is 7.59. The molecule has 0 saturated heterocycles. The van der Waals surface area contributed by atoms with Crippen molar-refractivity contribution in [2.75, 3.05) is 34.7 Å². The lowest BCUT2D eigenvalue weighted by Gasteiger charge is -2.22. The Labute approximate surface area is 133 Å². The van der Waals surface area contributed by atoms with Gasteiger partial charge in [-0.25, -0.2) is 0 Å². The summed E-state index contributed by atoms with van der Waals surface area (Å²) < 4.78 is 5.24. The molecule has 22 heavy (non-hydrogen) atoms. The summed E-state index contributed by atoms with van der Waals surface area (Å²) in [5, 5.41) is 0. The number of aliphatic imine (C=N–C) groups is 1. The Morgan fingerprint density at radius 3 is 2.27 bits per heavy atom. The standard InChI is InChI=1S/C17H27N3O2/c1-19(2)17(20(3)4)18-13-9-8-12-16(21)22-14-15-10-6-5-7-11-15/h5-7,10-11H,8-9,12-14H2,1-4H3. The van der Waals surface area contributed by atoms with Crippen LogP contribution in [0.4, 0.5) is 0 Å². The number of guanidine groups is 1. The number of unbranched alkanes of at least 4 members (excludes halogenated alkanes) is 1. The van der Waals surface area contributed by atoms with Crippen LogP contribution in [0.5, 0.6) is 0 Å². The van der Waals surface area contributed by atoms with Gasteiger partial charge in [-0.15, -0.1) is 0 Å². The molecule has 0 spiro atoms. The highest BCUT2D eigenvalue weighted by Crippen LogP contribution is 2.04. The SMILES string of the molecule is CN(C)C(=NCCCCC(=O)OCc1ccccc1)N(C)C. The third-order valence-electron chi connectivity index (χ3n) is 3.08. The summed E-state index contributed by atoms with van der Waals surface area (Å²) in [6.45, 7) is 1.07. The maximum Gasteiger partial charge on any atom is 0.306 e. The van der Waals surface area contributed by atoms with E-state index in [9.17, 15) is 4.79 Å². The number of benzene rings is 1. The van der Waals surface area contributed by atoms with Gasteiger partial charge in [0, 0.05) is 41.2 Å². The van der Waals surface area contributed by atoms with Crippen molar-refractivity contribution in [3.8, 4) is 0 Å². The van der Waals surface area contributed by atoms with Crippen LogP contribution in [0.25, 0.3) is 0 Å². The predicted molar refractivity (Wildman–Crippen MR) is 89.8 cm³/mol. The van der Waals surface area contributed by atoms with Gasteiger partial charge in [-0.1, -0.05) is 30.3 Å². The summed E-state index contributed by atoms with van der Waals surface area (Å²) in [5.74, 6) is 0.792. The second-order valence-electron chi connectivity index (χ2n) is 5.57. The van der Waals surface area contributed by atoms with Gasteiger partial charge in [-0.2, -0.15) is 0 Å². The maximum atomic E-state index is 11.7. The van der Waals surface area contributed by atoms with E-state index in [0.29, 0.717) is 13.0 Å². The number of ether oxygens (including phenoxy) is 1. The molecule has 0 N–H and O–H groups in total. The molecular formula is C17H27N3O2. The maximum absolute atomic E-state index is 11.7. The molecule has 0 atom stereocenters. The van der Waals surface area contributed by atoms with E-state index < -0.39 is 0 Å². The highest BCUT2D eigenvalue weighted by Gasteiger charge is 2.05. The molecule has 0 fully saturated rings. The van der Waals surface area contributed by atoms with Gasteiger partial charge >= 0.3 is 5.97 Å². The summed E-state index contributed by atoms with van der Waals surface area (Å²) in [6, 6.07) is 9.72. The van der Waals surface area contributed by atoms with E-state index in [1.165, 1.54) is 0 Å². The second kappa shape index (κ2) is 9.82. The summed E-state index contributed by atoms with van der Waals surface area (Å²) in [5.41, 5.74) is 1.02. The van der Waals surface area contributed by atoms with Crippen LogP contribution in [0.2, 0.25) is 0 Å². The zero-order valence-electron chi connectivity index (χ0n) is 14.1. The quantitative estimate of drug-likeness (QED) is 0.336. The molecule has 0 aliphatic heterocycles. The van der Waals surface area contributed by atoms with E-state index in [1.54, 1.807) is 0 Å². The lowest BCUT2D eigenvalue weighted by atomic mass is 10.2. The average Bonchev–Trinajstić information content (AvgIpc) is 2.49. The number of rotatable bonds is 7. The van der Waals surface area contributed by atoms with Crippen LogP contribution in [0, 0.1) is 0 Å². The largest absolute Gasteiger partial charge is 0.461 e. The highest BCUT2D eigenvalue weighted by atomic mass is 16.5. The van der Waals surface area contributed by atoms with Crippen LogP contribution in [0.15, 0.2) is 35.3 Å². The number of carbonyl (C=O) groups is 1. The van der Waals surface area contributed by atoms with Crippen molar-refractivity contribution in [1.29, 1.82) is 0 Å². The Kier molecular flexibility index (Phi) is 8.04. The van der Waals surface area contributed by atoms with Gasteiger partial charge in [0.2, 0.25) is 0 Å². The Morgan fingerprint density at radius 2 is 1.68 bits per heavy atom. The molecule has 0 aromatic heterocycles. The minimum atomic E-state index is -0.145. The fourth-order valence-corrected chi connectivity index (χ4v) is 2.05. The molecular weight excluding hydrogens is 278 g/mol. The zero-order valence-corrected chi connectivity index (χ0v) is 14.1. The molecule has 0 aliphatic rings. The minimum Gasteiger partial charge on any atom is -0.461 e. The zero-order chi connectivity index (χ0) is 16.4. The molecule has 1 aromatic rings. The molecule has 5 heteroatoms. The molecule has 0 heterocycles. The van der Waals surface area contributed by atoms with E-state index in [-0.39, 0.29) is 5.97 Å². The Balaban J connectivity index is 2.18. The lowest BCUT2D eigenvalue weighted by Crippen LogP contribution is -2.35. The van der Waals surface area contributed by atoms with Crippen LogP contribution in [0.1, 0.15) is 24.8 Å². The van der Waals surface area contributed by atoms with Gasteiger partial charge in [0.05, 0.1) is 0 Å². The number of hydrogen-bond donors (Lipinski definition) is 0. The monoisotopic (exact) mass is 305 g/mol. The smallest absolute Gasteiger partial charge is 0.306 e. The van der Waals surface area contributed by atoms with Gasteiger partial charge in [-0.3, -0.25) is 9.79 Å². The number of esters is 1. The first kappa shape index (κ1) is 18.0. The van der Waals surface area contributed by atoms with Crippen molar-refractivity contribution in [2.45, 2.75) is 25.9 Å². The van der Waals surface area contributed by atoms with Crippen molar-refractivity contribution in [1.82, 2.24) is 9.80 Å². The Bertz CT molecular complexity index is 460. The molecule has 0 saturated carbocycles. The number of hydrogen-bond acceptors (Lipinski definition) is 3. The van der Waals surface area contributed by atoms with Crippen molar-refractivity contribution in [3.05, 3.63) is 35.9 Å². The van der Waals surface area contributed by atoms with Gasteiger partial charge in [-0.05, 0) is 18.4 Å².